The van der Waals surface area contributed by atoms with Crippen LogP contribution in [0.2, 0.25) is 0 Å². The first-order chi connectivity index (χ1) is 8.65. The molecule has 0 radical (unpaired) electrons. The molecule has 1 aromatic carbocycles. The molecule has 4 nitrogen and oxygen atoms in total. The molecule has 1 fully saturated rings. The molecular formula is C14H22ClN3O. The van der Waals surface area contributed by atoms with E-state index in [1.807, 2.05) is 31.2 Å². The van der Waals surface area contributed by atoms with Crippen molar-refractivity contribution < 1.29 is 4.79 Å². The number of carbonyl (C=O) groups excluding carboxylic acids is 1. The number of aryl methyl sites for hydroxylation is 1. The fraction of sp³-hybridized carbons (Fsp3) is 0.500. The lowest BCUT2D eigenvalue weighted by atomic mass is 10.2. The summed E-state index contributed by atoms with van der Waals surface area (Å²) in [7, 11) is 0. The van der Waals surface area contributed by atoms with Gasteiger partial charge in [0.05, 0.1) is 6.54 Å². The van der Waals surface area contributed by atoms with Crippen LogP contribution in [-0.4, -0.2) is 43.0 Å². The second-order valence-corrected chi connectivity index (χ2v) is 4.94. The van der Waals surface area contributed by atoms with Crippen LogP contribution in [0.15, 0.2) is 24.3 Å². The van der Waals surface area contributed by atoms with Crippen molar-refractivity contribution in [2.45, 2.75) is 19.9 Å². The van der Waals surface area contributed by atoms with Crippen molar-refractivity contribution in [1.29, 1.82) is 0 Å². The molecule has 1 aliphatic heterocycles. The Balaban J connectivity index is 0.00000180. The van der Waals surface area contributed by atoms with Crippen molar-refractivity contribution >= 4 is 24.0 Å². The van der Waals surface area contributed by atoms with Gasteiger partial charge < -0.3 is 10.6 Å². The van der Waals surface area contributed by atoms with Gasteiger partial charge in [-0.2, -0.15) is 0 Å². The first-order valence-corrected chi connectivity index (χ1v) is 6.46. The van der Waals surface area contributed by atoms with E-state index in [2.05, 4.69) is 22.5 Å². The molecule has 2 N–H and O–H groups in total. The van der Waals surface area contributed by atoms with Crippen molar-refractivity contribution in [2.75, 3.05) is 31.5 Å². The van der Waals surface area contributed by atoms with Gasteiger partial charge in [0, 0.05) is 31.4 Å². The monoisotopic (exact) mass is 283 g/mol. The normalized spacial score (nSPS) is 19.6. The maximum absolute atomic E-state index is 11.9. The topological polar surface area (TPSA) is 44.4 Å². The Morgan fingerprint density at radius 1 is 1.42 bits per heavy atom. The summed E-state index contributed by atoms with van der Waals surface area (Å²) in [5.74, 6) is 0.0626. The molecular weight excluding hydrogens is 262 g/mol. The van der Waals surface area contributed by atoms with E-state index in [9.17, 15) is 4.79 Å². The second-order valence-electron chi connectivity index (χ2n) is 4.94. The summed E-state index contributed by atoms with van der Waals surface area (Å²) < 4.78 is 0. The lowest BCUT2D eigenvalue weighted by Gasteiger charge is -2.33. The van der Waals surface area contributed by atoms with Crippen LogP contribution in [0.3, 0.4) is 0 Å². The second kappa shape index (κ2) is 7.48. The summed E-state index contributed by atoms with van der Waals surface area (Å²) in [5.41, 5.74) is 2.07. The molecule has 1 heterocycles. The first-order valence-electron chi connectivity index (χ1n) is 6.46. The molecule has 1 atom stereocenters. The lowest BCUT2D eigenvalue weighted by Crippen LogP contribution is -2.51. The van der Waals surface area contributed by atoms with E-state index in [0.29, 0.717) is 12.6 Å². The van der Waals surface area contributed by atoms with Gasteiger partial charge >= 0.3 is 0 Å². The van der Waals surface area contributed by atoms with E-state index in [4.69, 9.17) is 0 Å². The summed E-state index contributed by atoms with van der Waals surface area (Å²) >= 11 is 0. The molecule has 1 amide bonds. The zero-order valence-corrected chi connectivity index (χ0v) is 12.3. The third kappa shape index (κ3) is 4.82. The van der Waals surface area contributed by atoms with Gasteiger partial charge in [-0.1, -0.05) is 17.7 Å². The van der Waals surface area contributed by atoms with E-state index in [1.165, 1.54) is 5.56 Å². The summed E-state index contributed by atoms with van der Waals surface area (Å²) in [5, 5.41) is 6.26. The number of benzene rings is 1. The Morgan fingerprint density at radius 2 is 2.11 bits per heavy atom. The molecule has 0 aromatic heterocycles. The standard InChI is InChI=1S/C14H21N3O.ClH/c1-11-3-5-13(6-4-11)16-14(18)10-17-8-7-15-9-12(17)2;/h3-6,12,15H,7-10H2,1-2H3,(H,16,18);1H/t12-;/m1./s1. The minimum Gasteiger partial charge on any atom is -0.325 e. The fourth-order valence-corrected chi connectivity index (χ4v) is 2.14. The number of rotatable bonds is 3. The van der Waals surface area contributed by atoms with Crippen LogP contribution in [-0.2, 0) is 4.79 Å². The minimum atomic E-state index is 0. The van der Waals surface area contributed by atoms with Crippen molar-refractivity contribution in [3.8, 4) is 0 Å². The number of carbonyl (C=O) groups is 1. The summed E-state index contributed by atoms with van der Waals surface area (Å²) in [4.78, 5) is 14.1. The molecule has 19 heavy (non-hydrogen) atoms. The van der Waals surface area contributed by atoms with Gasteiger partial charge in [-0.05, 0) is 26.0 Å². The van der Waals surface area contributed by atoms with Crippen LogP contribution in [0, 0.1) is 6.92 Å². The van der Waals surface area contributed by atoms with E-state index < -0.39 is 0 Å². The molecule has 2 rings (SSSR count). The van der Waals surface area contributed by atoms with E-state index in [1.54, 1.807) is 0 Å². The highest BCUT2D eigenvalue weighted by Gasteiger charge is 2.19. The molecule has 1 aliphatic rings. The molecule has 0 unspecified atom stereocenters. The Labute approximate surface area is 121 Å². The van der Waals surface area contributed by atoms with E-state index in [0.717, 1.165) is 25.3 Å². The quantitative estimate of drug-likeness (QED) is 0.887. The number of anilines is 1. The highest BCUT2D eigenvalue weighted by molar-refractivity contribution is 5.92. The van der Waals surface area contributed by atoms with Crippen LogP contribution in [0.5, 0.6) is 0 Å². The predicted octanol–water partition coefficient (Wildman–Crippen LogP) is 1.65. The number of halogens is 1. The summed E-state index contributed by atoms with van der Waals surface area (Å²) in [6.45, 7) is 7.50. The van der Waals surface area contributed by atoms with Crippen LogP contribution in [0.25, 0.3) is 0 Å². The maximum atomic E-state index is 11.9. The average Bonchev–Trinajstić information content (AvgIpc) is 2.35. The van der Waals surface area contributed by atoms with Crippen LogP contribution < -0.4 is 10.6 Å². The Hall–Kier alpha value is -1.10. The Kier molecular flexibility index (Phi) is 6.28. The summed E-state index contributed by atoms with van der Waals surface area (Å²) in [6, 6.07) is 8.30. The average molecular weight is 284 g/mol. The van der Waals surface area contributed by atoms with Gasteiger partial charge in [-0.3, -0.25) is 9.69 Å². The molecule has 0 saturated carbocycles. The van der Waals surface area contributed by atoms with Crippen LogP contribution in [0.4, 0.5) is 5.69 Å². The van der Waals surface area contributed by atoms with Crippen molar-refractivity contribution in [1.82, 2.24) is 10.2 Å². The predicted molar refractivity (Wildman–Crippen MR) is 81.0 cm³/mol. The van der Waals surface area contributed by atoms with Gasteiger partial charge in [-0.25, -0.2) is 0 Å². The fourth-order valence-electron chi connectivity index (χ4n) is 2.14. The third-order valence-electron chi connectivity index (χ3n) is 3.32. The number of amides is 1. The molecule has 0 bridgehead atoms. The van der Waals surface area contributed by atoms with Crippen LogP contribution in [0.1, 0.15) is 12.5 Å². The van der Waals surface area contributed by atoms with E-state index in [-0.39, 0.29) is 18.3 Å². The molecule has 0 aliphatic carbocycles. The smallest absolute Gasteiger partial charge is 0.238 e. The molecule has 106 valence electrons. The lowest BCUT2D eigenvalue weighted by molar-refractivity contribution is -0.118. The number of piperazine rings is 1. The summed E-state index contributed by atoms with van der Waals surface area (Å²) in [6.07, 6.45) is 0. The van der Waals surface area contributed by atoms with Gasteiger partial charge in [0.2, 0.25) is 5.91 Å². The zero-order chi connectivity index (χ0) is 13.0. The highest BCUT2D eigenvalue weighted by atomic mass is 35.5. The van der Waals surface area contributed by atoms with Gasteiger partial charge in [0.25, 0.3) is 0 Å². The Morgan fingerprint density at radius 3 is 2.74 bits per heavy atom. The molecule has 1 aromatic rings. The largest absolute Gasteiger partial charge is 0.325 e. The third-order valence-corrected chi connectivity index (χ3v) is 3.32. The number of nitrogens with zero attached hydrogens (tertiary/aromatic N) is 1. The molecule has 1 saturated heterocycles. The molecule has 0 spiro atoms. The highest BCUT2D eigenvalue weighted by Crippen LogP contribution is 2.09. The van der Waals surface area contributed by atoms with Crippen molar-refractivity contribution in [3.05, 3.63) is 29.8 Å². The zero-order valence-electron chi connectivity index (χ0n) is 11.5. The number of hydrogen-bond acceptors (Lipinski definition) is 3. The van der Waals surface area contributed by atoms with Crippen LogP contribution >= 0.6 is 12.4 Å². The maximum Gasteiger partial charge on any atom is 0.238 e. The van der Waals surface area contributed by atoms with Gasteiger partial charge in [0.1, 0.15) is 0 Å². The minimum absolute atomic E-state index is 0. The van der Waals surface area contributed by atoms with Gasteiger partial charge in [-0.15, -0.1) is 12.4 Å². The Bertz CT molecular complexity index is 408. The van der Waals surface area contributed by atoms with Crippen molar-refractivity contribution in [2.24, 2.45) is 0 Å². The van der Waals surface area contributed by atoms with Gasteiger partial charge in [0.15, 0.2) is 0 Å². The number of hydrogen-bond donors (Lipinski definition) is 2. The van der Waals surface area contributed by atoms with E-state index >= 15 is 0 Å². The first kappa shape index (κ1) is 16.0. The molecule has 5 heteroatoms. The van der Waals surface area contributed by atoms with Crippen molar-refractivity contribution in [3.63, 3.8) is 0 Å². The SMILES string of the molecule is Cc1ccc(NC(=O)CN2CCNC[C@H]2C)cc1.Cl. The number of nitrogens with one attached hydrogen (secondary N) is 2.